The third-order valence-electron chi connectivity index (χ3n) is 4.17. The Labute approximate surface area is 121 Å². The van der Waals surface area contributed by atoms with Gasteiger partial charge in [-0.1, -0.05) is 45.4 Å². The Morgan fingerprint density at radius 1 is 1.05 bits per heavy atom. The number of unbranched alkanes of at least 4 members (excludes halogenated alkanes) is 5. The average molecular weight is 284 g/mol. The highest BCUT2D eigenvalue weighted by atomic mass is 16.4. The second-order valence-electron chi connectivity index (χ2n) is 5.82. The van der Waals surface area contributed by atoms with E-state index in [0.29, 0.717) is 19.4 Å². The lowest BCUT2D eigenvalue weighted by atomic mass is 9.69. The zero-order valence-corrected chi connectivity index (χ0v) is 12.5. The van der Waals surface area contributed by atoms with Crippen LogP contribution in [0.5, 0.6) is 0 Å². The molecule has 0 unspecified atom stereocenters. The van der Waals surface area contributed by atoms with Crippen LogP contribution in [0.25, 0.3) is 0 Å². The normalized spacial score (nSPS) is 16.2. The van der Waals surface area contributed by atoms with E-state index in [0.717, 1.165) is 19.3 Å². The van der Waals surface area contributed by atoms with E-state index in [1.165, 1.54) is 25.7 Å². The van der Waals surface area contributed by atoms with Crippen molar-refractivity contribution in [1.82, 2.24) is 10.6 Å². The van der Waals surface area contributed by atoms with E-state index in [4.69, 9.17) is 5.11 Å². The molecular formula is C15H28N2O3. The lowest BCUT2D eigenvalue weighted by Crippen LogP contribution is -2.49. The Hall–Kier alpha value is -1.26. The Morgan fingerprint density at radius 3 is 2.25 bits per heavy atom. The van der Waals surface area contributed by atoms with E-state index in [1.807, 2.05) is 0 Å². The molecule has 5 nitrogen and oxygen atoms in total. The predicted molar refractivity (Wildman–Crippen MR) is 78.7 cm³/mol. The Kier molecular flexibility index (Phi) is 7.41. The Morgan fingerprint density at radius 2 is 1.70 bits per heavy atom. The first kappa shape index (κ1) is 16.8. The van der Waals surface area contributed by atoms with Gasteiger partial charge in [0.2, 0.25) is 0 Å². The van der Waals surface area contributed by atoms with Crippen molar-refractivity contribution >= 4 is 12.0 Å². The van der Waals surface area contributed by atoms with Gasteiger partial charge in [0.25, 0.3) is 0 Å². The van der Waals surface area contributed by atoms with Crippen molar-refractivity contribution < 1.29 is 14.7 Å². The van der Waals surface area contributed by atoms with Crippen molar-refractivity contribution in [2.75, 3.05) is 13.1 Å². The summed E-state index contributed by atoms with van der Waals surface area (Å²) in [6.07, 6.45) is 9.41. The Balaban J connectivity index is 2.02. The number of hydrogen-bond donors (Lipinski definition) is 3. The topological polar surface area (TPSA) is 78.4 Å². The van der Waals surface area contributed by atoms with Crippen LogP contribution >= 0.6 is 0 Å². The molecule has 1 saturated carbocycles. The van der Waals surface area contributed by atoms with E-state index >= 15 is 0 Å². The van der Waals surface area contributed by atoms with Crippen LogP contribution in [0.3, 0.4) is 0 Å². The largest absolute Gasteiger partial charge is 0.481 e. The highest BCUT2D eigenvalue weighted by Crippen LogP contribution is 2.40. The molecular weight excluding hydrogens is 256 g/mol. The lowest BCUT2D eigenvalue weighted by molar-refractivity contribution is -0.153. The van der Waals surface area contributed by atoms with E-state index in [2.05, 4.69) is 17.6 Å². The molecule has 0 radical (unpaired) electrons. The number of nitrogens with one attached hydrogen (secondary N) is 2. The monoisotopic (exact) mass is 284 g/mol. The summed E-state index contributed by atoms with van der Waals surface area (Å²) in [7, 11) is 0. The number of hydrogen-bond acceptors (Lipinski definition) is 2. The number of amides is 2. The van der Waals surface area contributed by atoms with Crippen LogP contribution < -0.4 is 10.6 Å². The van der Waals surface area contributed by atoms with Crippen LogP contribution in [-0.4, -0.2) is 30.2 Å². The summed E-state index contributed by atoms with van der Waals surface area (Å²) in [5.74, 6) is -0.792. The maximum Gasteiger partial charge on any atom is 0.314 e. The number of urea groups is 1. The molecule has 3 N–H and O–H groups in total. The van der Waals surface area contributed by atoms with Crippen LogP contribution in [0.2, 0.25) is 0 Å². The van der Waals surface area contributed by atoms with Crippen LogP contribution in [-0.2, 0) is 4.79 Å². The summed E-state index contributed by atoms with van der Waals surface area (Å²) in [6.45, 7) is 3.10. The van der Waals surface area contributed by atoms with Crippen LogP contribution in [0, 0.1) is 5.41 Å². The molecule has 1 fully saturated rings. The molecule has 0 atom stereocenters. The number of rotatable bonds is 10. The van der Waals surface area contributed by atoms with E-state index in [9.17, 15) is 9.59 Å². The van der Waals surface area contributed by atoms with Crippen molar-refractivity contribution in [2.45, 2.75) is 64.7 Å². The van der Waals surface area contributed by atoms with Gasteiger partial charge in [0.1, 0.15) is 0 Å². The second-order valence-corrected chi connectivity index (χ2v) is 5.82. The minimum absolute atomic E-state index is 0.241. The van der Waals surface area contributed by atoms with Crippen molar-refractivity contribution in [3.63, 3.8) is 0 Å². The number of carbonyl (C=O) groups is 2. The van der Waals surface area contributed by atoms with Gasteiger partial charge < -0.3 is 15.7 Å². The van der Waals surface area contributed by atoms with E-state index in [-0.39, 0.29) is 12.6 Å². The molecule has 1 aliphatic carbocycles. The fourth-order valence-electron chi connectivity index (χ4n) is 2.49. The van der Waals surface area contributed by atoms with Gasteiger partial charge in [0.15, 0.2) is 0 Å². The number of carbonyl (C=O) groups excluding carboxylic acids is 1. The molecule has 0 spiro atoms. The first-order chi connectivity index (χ1) is 9.60. The van der Waals surface area contributed by atoms with Gasteiger partial charge in [-0.05, 0) is 19.3 Å². The highest BCUT2D eigenvalue weighted by molar-refractivity contribution is 5.78. The maximum atomic E-state index is 11.6. The van der Waals surface area contributed by atoms with Gasteiger partial charge in [-0.25, -0.2) is 4.79 Å². The second kappa shape index (κ2) is 8.82. The van der Waals surface area contributed by atoms with Crippen molar-refractivity contribution in [3.05, 3.63) is 0 Å². The Bertz CT molecular complexity index is 314. The van der Waals surface area contributed by atoms with Gasteiger partial charge >= 0.3 is 12.0 Å². The number of carboxylic acid groups (broad SMARTS) is 1. The van der Waals surface area contributed by atoms with Crippen LogP contribution in [0.1, 0.15) is 64.7 Å². The molecule has 0 bridgehead atoms. The van der Waals surface area contributed by atoms with Crippen LogP contribution in [0.15, 0.2) is 0 Å². The average Bonchev–Trinajstić information content (AvgIpc) is 2.36. The third kappa shape index (κ3) is 5.39. The smallest absolute Gasteiger partial charge is 0.314 e. The molecule has 0 aromatic heterocycles. The molecule has 2 amide bonds. The first-order valence-electron chi connectivity index (χ1n) is 7.86. The zero-order chi connectivity index (χ0) is 14.8. The fourth-order valence-corrected chi connectivity index (χ4v) is 2.49. The number of aliphatic carboxylic acids is 1. The zero-order valence-electron chi connectivity index (χ0n) is 12.5. The molecule has 1 aliphatic rings. The molecule has 116 valence electrons. The number of carboxylic acids is 1. The van der Waals surface area contributed by atoms with Gasteiger partial charge in [0.05, 0.1) is 5.41 Å². The van der Waals surface area contributed by atoms with Gasteiger partial charge in [0, 0.05) is 13.1 Å². The summed E-state index contributed by atoms with van der Waals surface area (Å²) in [5, 5.41) is 14.6. The minimum atomic E-state index is -0.792. The first-order valence-corrected chi connectivity index (χ1v) is 7.86. The fraction of sp³-hybridized carbons (Fsp3) is 0.867. The van der Waals surface area contributed by atoms with Gasteiger partial charge in [-0.15, -0.1) is 0 Å². The standard InChI is InChI=1S/C15H28N2O3/c1-2-3-4-5-6-7-11-16-14(20)17-12-15(13(18)19)9-8-10-15/h2-12H2,1H3,(H,18,19)(H2,16,17,20). The van der Waals surface area contributed by atoms with Crippen molar-refractivity contribution in [2.24, 2.45) is 5.41 Å². The van der Waals surface area contributed by atoms with Crippen molar-refractivity contribution in [1.29, 1.82) is 0 Å². The third-order valence-corrected chi connectivity index (χ3v) is 4.17. The summed E-state index contributed by atoms with van der Waals surface area (Å²) >= 11 is 0. The molecule has 0 aromatic rings. The molecule has 20 heavy (non-hydrogen) atoms. The molecule has 0 aromatic carbocycles. The molecule has 5 heteroatoms. The molecule has 1 rings (SSSR count). The van der Waals surface area contributed by atoms with E-state index in [1.54, 1.807) is 0 Å². The minimum Gasteiger partial charge on any atom is -0.481 e. The van der Waals surface area contributed by atoms with Crippen molar-refractivity contribution in [3.8, 4) is 0 Å². The summed E-state index contributed by atoms with van der Waals surface area (Å²) in [6, 6.07) is -0.244. The molecule has 0 saturated heterocycles. The summed E-state index contributed by atoms with van der Waals surface area (Å²) < 4.78 is 0. The predicted octanol–water partition coefficient (Wildman–Crippen LogP) is 2.90. The van der Waals surface area contributed by atoms with Crippen LogP contribution in [0.4, 0.5) is 4.79 Å². The maximum absolute atomic E-state index is 11.6. The summed E-state index contributed by atoms with van der Waals surface area (Å²) in [4.78, 5) is 22.7. The lowest BCUT2D eigenvalue weighted by Gasteiger charge is -2.37. The van der Waals surface area contributed by atoms with Gasteiger partial charge in [-0.2, -0.15) is 0 Å². The molecule has 0 aliphatic heterocycles. The van der Waals surface area contributed by atoms with Gasteiger partial charge in [-0.3, -0.25) is 4.79 Å². The SMILES string of the molecule is CCCCCCCCNC(=O)NCC1(C(=O)O)CCC1. The quantitative estimate of drug-likeness (QED) is 0.540. The highest BCUT2D eigenvalue weighted by Gasteiger charge is 2.44. The molecule has 0 heterocycles. The van der Waals surface area contributed by atoms with E-state index < -0.39 is 11.4 Å². The summed E-state index contributed by atoms with van der Waals surface area (Å²) in [5.41, 5.74) is -0.711.